The Hall–Kier alpha value is -4.98. The number of carbonyl (C=O) groups excluding carboxylic acids is 1. The van der Waals surface area contributed by atoms with Gasteiger partial charge in [0.15, 0.2) is 29.3 Å². The largest absolute Gasteiger partial charge is 0.504 e. The van der Waals surface area contributed by atoms with E-state index in [-0.39, 0.29) is 53.6 Å². The van der Waals surface area contributed by atoms with Crippen LogP contribution in [-0.4, -0.2) is 79.9 Å². The van der Waals surface area contributed by atoms with Gasteiger partial charge in [-0.3, -0.25) is 15.1 Å². The van der Waals surface area contributed by atoms with Crippen molar-refractivity contribution >= 4 is 17.4 Å². The second-order valence-electron chi connectivity index (χ2n) is 23.4. The van der Waals surface area contributed by atoms with Crippen LogP contribution in [0.5, 0.6) is 23.0 Å². The summed E-state index contributed by atoms with van der Waals surface area (Å²) in [6.07, 6.45) is 28.8. The molecule has 4 bridgehead atoms. The SMILES string of the molecule is CCCCCCOC(O)CC1CC2(CNC)CC1CC#COc1c3cc(cc1O2)C12CCCC1C(CCCO)C1C=CC(CC)CC1C2C=CC(=O)C1(Cc2ccc(O)c(OC)c2)CCCC1CC#CNC(=NC)N3. The molecule has 13 unspecified atom stereocenters. The van der Waals surface area contributed by atoms with Gasteiger partial charge < -0.3 is 44.9 Å². The van der Waals surface area contributed by atoms with Crippen LogP contribution in [-0.2, 0) is 21.4 Å². The van der Waals surface area contributed by atoms with Crippen LogP contribution >= 0.6 is 0 Å². The van der Waals surface area contributed by atoms with E-state index < -0.39 is 22.7 Å². The van der Waals surface area contributed by atoms with Crippen molar-refractivity contribution in [2.24, 2.45) is 63.7 Å². The lowest BCUT2D eigenvalue weighted by Crippen LogP contribution is -2.54. The van der Waals surface area contributed by atoms with Crippen molar-refractivity contribution in [3.8, 4) is 47.0 Å². The van der Waals surface area contributed by atoms with Crippen LogP contribution in [0.15, 0.2) is 59.6 Å². The average Bonchev–Trinajstić information content (AvgIpc) is 4.13. The molecular weight excluding hydrogens is 941 g/mol. The van der Waals surface area contributed by atoms with Crippen LogP contribution in [0.2, 0.25) is 0 Å². The molecule has 2 aromatic carbocycles. The number of likely N-dealkylation sites (N-methyl/N-ethyl adjacent to an activating group) is 1. The fourth-order valence-corrected chi connectivity index (χ4v) is 15.8. The number of anilines is 1. The highest BCUT2D eigenvalue weighted by Gasteiger charge is 2.61. The van der Waals surface area contributed by atoms with Gasteiger partial charge in [0, 0.05) is 62.9 Å². The molecule has 0 saturated heterocycles. The summed E-state index contributed by atoms with van der Waals surface area (Å²) in [5.41, 5.74) is 1.01. The van der Waals surface area contributed by atoms with Gasteiger partial charge in [-0.05, 0) is 179 Å². The van der Waals surface area contributed by atoms with Crippen molar-refractivity contribution in [1.29, 1.82) is 0 Å². The third-order valence-electron chi connectivity index (χ3n) is 19.2. The van der Waals surface area contributed by atoms with Gasteiger partial charge in [-0.2, -0.15) is 0 Å². The predicted octanol–water partition coefficient (Wildman–Crippen LogP) is 10.6. The number of unbranched alkanes of at least 4 members (excludes halogenated alkanes) is 3. The minimum absolute atomic E-state index is 0.000227. The second kappa shape index (κ2) is 24.6. The number of aliphatic hydroxyl groups excluding tert-OH is 2. The number of hydrogen-bond donors (Lipinski definition) is 6. The van der Waals surface area contributed by atoms with Crippen LogP contribution in [0.3, 0.4) is 0 Å². The summed E-state index contributed by atoms with van der Waals surface area (Å²) in [6.45, 7) is 5.77. The van der Waals surface area contributed by atoms with Gasteiger partial charge >= 0.3 is 0 Å². The van der Waals surface area contributed by atoms with E-state index in [2.05, 4.69) is 84.2 Å². The van der Waals surface area contributed by atoms with Gasteiger partial charge in [-0.25, -0.2) is 0 Å². The van der Waals surface area contributed by atoms with Gasteiger partial charge in [0.1, 0.15) is 11.7 Å². The van der Waals surface area contributed by atoms with Crippen LogP contribution < -0.4 is 30.2 Å². The number of aliphatic imine (C=N–C) groups is 1. The molecule has 9 rings (SSSR count). The van der Waals surface area contributed by atoms with E-state index >= 15 is 4.79 Å². The first-order valence-corrected chi connectivity index (χ1v) is 28.9. The summed E-state index contributed by atoms with van der Waals surface area (Å²) >= 11 is 0. The molecule has 2 aliphatic heterocycles. The zero-order chi connectivity index (χ0) is 52.6. The highest BCUT2D eigenvalue weighted by atomic mass is 16.6. The Kier molecular flexibility index (Phi) is 17.9. The highest BCUT2D eigenvalue weighted by Crippen LogP contribution is 2.66. The van der Waals surface area contributed by atoms with Crippen LogP contribution in [0, 0.1) is 82.7 Å². The predicted molar refractivity (Wildman–Crippen MR) is 295 cm³/mol. The number of ether oxygens (including phenoxy) is 4. The Morgan fingerprint density at radius 3 is 2.68 bits per heavy atom. The molecule has 0 aromatic heterocycles. The fourth-order valence-electron chi connectivity index (χ4n) is 15.8. The van der Waals surface area contributed by atoms with E-state index in [4.69, 9.17) is 23.9 Å². The topological polar surface area (TPSA) is 163 Å². The Morgan fingerprint density at radius 2 is 1.88 bits per heavy atom. The Labute approximate surface area is 447 Å². The van der Waals surface area contributed by atoms with Crippen molar-refractivity contribution in [2.75, 3.05) is 46.3 Å². The molecule has 0 radical (unpaired) electrons. The Morgan fingerprint density at radius 1 is 1.01 bits per heavy atom. The van der Waals surface area contributed by atoms with Crippen molar-refractivity contribution in [3.63, 3.8) is 0 Å². The summed E-state index contributed by atoms with van der Waals surface area (Å²) in [6, 6.07) is 13.2. The lowest BCUT2D eigenvalue weighted by Gasteiger charge is -2.58. The minimum atomic E-state index is -0.867. The number of aromatic hydroxyl groups is 1. The number of carbonyl (C=O) groups is 1. The molecule has 13 atom stereocenters. The van der Waals surface area contributed by atoms with Crippen molar-refractivity contribution in [1.82, 2.24) is 10.6 Å². The number of nitrogens with zero attached hydrogens (tertiary/aromatic N) is 1. The first-order chi connectivity index (χ1) is 36.5. The number of nitrogens with one attached hydrogen (secondary N) is 3. The number of phenols is 1. The summed E-state index contributed by atoms with van der Waals surface area (Å²) in [5.74, 6) is 10.8. The minimum Gasteiger partial charge on any atom is -0.504 e. The van der Waals surface area contributed by atoms with Crippen molar-refractivity contribution in [2.45, 2.75) is 160 Å². The number of benzene rings is 2. The molecule has 12 heteroatoms. The molecule has 0 amide bonds. The normalized spacial score (nSPS) is 33.6. The molecule has 75 heavy (non-hydrogen) atoms. The maximum atomic E-state index is 15.8. The summed E-state index contributed by atoms with van der Waals surface area (Å²) in [5, 5.41) is 42.9. The van der Waals surface area contributed by atoms with E-state index in [0.717, 1.165) is 107 Å². The fraction of sp³-hybridized carbons (Fsp3) is 0.651. The monoisotopic (exact) mass is 1030 g/mol. The standard InChI is InChI=1S/C63H86N4O8/c1-6-8-9-10-31-73-58(71)35-45-40-61(41-64-3)39-44(45)16-15-32-74-59-53-36-47(37-56(59)75-61)63-28-12-20-51(63)49(19-14-30-68)48-23-21-42(7-2)33-50(48)52(63)24-26-57(70)62(38-43-22-25-54(69)55(34-43)72-5)27-11-17-46(62)18-13-29-66-60(65-4)67-53/h21-26,34,36-37,42,44-46,48-52,58,64,68-69,71H,6-12,14,16-20,27-28,30-31,33,35,38-41H2,1-5H3,(H2,65,66,67). The molecule has 12 nitrogen and oxygen atoms in total. The van der Waals surface area contributed by atoms with Gasteiger partial charge in [0.25, 0.3) is 0 Å². The van der Waals surface area contributed by atoms with Crippen LogP contribution in [0.4, 0.5) is 5.69 Å². The second-order valence-corrected chi connectivity index (χ2v) is 23.4. The maximum Gasteiger partial charge on any atom is 0.207 e. The number of guanidine groups is 1. The van der Waals surface area contributed by atoms with E-state index in [1.807, 2.05) is 25.3 Å². The van der Waals surface area contributed by atoms with E-state index in [1.54, 1.807) is 20.2 Å². The molecule has 6 N–H and O–H groups in total. The molecule has 4 fully saturated rings. The molecule has 2 aromatic rings. The molecule has 1 spiro atoms. The number of aliphatic hydroxyl groups is 2. The maximum absolute atomic E-state index is 15.8. The highest BCUT2D eigenvalue weighted by molar-refractivity contribution is 5.97. The number of phenolic OH excluding ortho intramolecular Hbond substituents is 1. The third-order valence-corrected chi connectivity index (χ3v) is 19.2. The first-order valence-electron chi connectivity index (χ1n) is 28.9. The van der Waals surface area contributed by atoms with E-state index in [9.17, 15) is 15.3 Å². The molecule has 4 saturated carbocycles. The van der Waals surface area contributed by atoms with E-state index in [1.165, 1.54) is 0 Å². The quantitative estimate of drug-likeness (QED) is 0.0387. The van der Waals surface area contributed by atoms with Crippen LogP contribution in [0.25, 0.3) is 0 Å². The number of rotatable bonds is 17. The Bertz CT molecular complexity index is 2540. The molecule has 2 heterocycles. The zero-order valence-electron chi connectivity index (χ0n) is 45.6. The zero-order valence-corrected chi connectivity index (χ0v) is 45.6. The number of fused-ring (bicyclic) bond motifs is 9. The van der Waals surface area contributed by atoms with Gasteiger partial charge in [0.05, 0.1) is 12.8 Å². The van der Waals surface area contributed by atoms with Crippen LogP contribution in [0.1, 0.15) is 147 Å². The molecular formula is C63H86N4O8. The molecule has 5 aliphatic carbocycles. The average molecular weight is 1030 g/mol. The third kappa shape index (κ3) is 11.4. The summed E-state index contributed by atoms with van der Waals surface area (Å²) < 4.78 is 25.9. The number of methoxy groups -OCH3 is 1. The number of allylic oxidation sites excluding steroid dienone is 4. The summed E-state index contributed by atoms with van der Waals surface area (Å²) in [7, 11) is 5.28. The van der Waals surface area contributed by atoms with Gasteiger partial charge in [0.2, 0.25) is 11.7 Å². The van der Waals surface area contributed by atoms with Crippen molar-refractivity contribution < 1.29 is 39.1 Å². The van der Waals surface area contributed by atoms with Crippen molar-refractivity contribution in [3.05, 3.63) is 65.8 Å². The number of ketones is 1. The molecule has 7 aliphatic rings. The number of hydrogen-bond acceptors (Lipinski definition) is 10. The Balaban J connectivity index is 1.20. The lowest BCUT2D eigenvalue weighted by molar-refractivity contribution is -0.125. The lowest BCUT2D eigenvalue weighted by atomic mass is 9.46. The molecule has 406 valence electrons. The van der Waals surface area contributed by atoms with Gasteiger partial charge in [-0.15, -0.1) is 0 Å². The first kappa shape index (κ1) is 54.8. The smallest absolute Gasteiger partial charge is 0.207 e. The summed E-state index contributed by atoms with van der Waals surface area (Å²) in [4.78, 5) is 20.5. The van der Waals surface area contributed by atoms with Gasteiger partial charge in [-0.1, -0.05) is 82.1 Å². The van der Waals surface area contributed by atoms with E-state index in [0.29, 0.717) is 91.9 Å².